The molecule has 5 nitrogen and oxygen atoms in total. The van der Waals surface area contributed by atoms with Gasteiger partial charge in [-0.2, -0.15) is 5.10 Å². The fraction of sp³-hybridized carbons (Fsp3) is 0.550. The summed E-state index contributed by atoms with van der Waals surface area (Å²) in [5.74, 6) is 0.965. The van der Waals surface area contributed by atoms with Gasteiger partial charge in [-0.25, -0.2) is 0 Å². The van der Waals surface area contributed by atoms with Gasteiger partial charge >= 0.3 is 0 Å². The standard InChI is InChI=1S/C20H32N4O/c1-7-24(8-2)14-18-11-17(9-10-20(18)25-6)12-21-15(3)19-13-22-23(5)16(19)4/h9-11,13,15,21H,7-8,12,14H2,1-6H3. The number of methoxy groups -OCH3 is 1. The number of hydrogen-bond acceptors (Lipinski definition) is 4. The van der Waals surface area contributed by atoms with Gasteiger partial charge in [0.15, 0.2) is 0 Å². The van der Waals surface area contributed by atoms with Crippen LogP contribution in [-0.4, -0.2) is 34.9 Å². The van der Waals surface area contributed by atoms with Gasteiger partial charge in [0.25, 0.3) is 0 Å². The van der Waals surface area contributed by atoms with E-state index in [9.17, 15) is 0 Å². The van der Waals surface area contributed by atoms with E-state index in [0.29, 0.717) is 0 Å². The Morgan fingerprint density at radius 1 is 1.28 bits per heavy atom. The van der Waals surface area contributed by atoms with Crippen molar-refractivity contribution in [1.29, 1.82) is 0 Å². The van der Waals surface area contributed by atoms with Gasteiger partial charge in [0, 0.05) is 43.0 Å². The highest BCUT2D eigenvalue weighted by atomic mass is 16.5. The van der Waals surface area contributed by atoms with E-state index < -0.39 is 0 Å². The lowest BCUT2D eigenvalue weighted by Gasteiger charge is -2.21. The molecule has 0 saturated carbocycles. The van der Waals surface area contributed by atoms with Crippen LogP contribution in [0.2, 0.25) is 0 Å². The zero-order valence-corrected chi connectivity index (χ0v) is 16.5. The van der Waals surface area contributed by atoms with E-state index in [4.69, 9.17) is 4.74 Å². The second kappa shape index (κ2) is 9.02. The maximum atomic E-state index is 5.55. The minimum absolute atomic E-state index is 0.266. The predicted octanol–water partition coefficient (Wildman–Crippen LogP) is 3.43. The smallest absolute Gasteiger partial charge is 0.123 e. The van der Waals surface area contributed by atoms with Crippen molar-refractivity contribution in [2.45, 2.75) is 46.8 Å². The molecule has 138 valence electrons. The van der Waals surface area contributed by atoms with Crippen molar-refractivity contribution < 1.29 is 4.74 Å². The minimum atomic E-state index is 0.266. The predicted molar refractivity (Wildman–Crippen MR) is 103 cm³/mol. The molecular weight excluding hydrogens is 312 g/mol. The van der Waals surface area contributed by atoms with Crippen molar-refractivity contribution in [3.8, 4) is 5.75 Å². The van der Waals surface area contributed by atoms with E-state index in [1.54, 1.807) is 7.11 Å². The summed E-state index contributed by atoms with van der Waals surface area (Å²) < 4.78 is 7.47. The Kier molecular flexibility index (Phi) is 7.02. The lowest BCUT2D eigenvalue weighted by molar-refractivity contribution is 0.289. The number of aromatic nitrogens is 2. The van der Waals surface area contributed by atoms with E-state index in [-0.39, 0.29) is 6.04 Å². The highest BCUT2D eigenvalue weighted by Crippen LogP contribution is 2.23. The van der Waals surface area contributed by atoms with Gasteiger partial charge in [0.05, 0.1) is 13.3 Å². The lowest BCUT2D eigenvalue weighted by atomic mass is 10.1. The SMILES string of the molecule is CCN(CC)Cc1cc(CNC(C)c2cnn(C)c2C)ccc1OC. The Labute approximate surface area is 152 Å². The molecule has 5 heteroatoms. The van der Waals surface area contributed by atoms with Crippen LogP contribution in [0, 0.1) is 6.92 Å². The molecule has 0 spiro atoms. The van der Waals surface area contributed by atoms with Gasteiger partial charge < -0.3 is 10.1 Å². The third kappa shape index (κ3) is 4.83. The molecule has 25 heavy (non-hydrogen) atoms. The molecular formula is C20H32N4O. The molecule has 0 amide bonds. The van der Waals surface area contributed by atoms with Crippen molar-refractivity contribution in [3.05, 3.63) is 46.8 Å². The largest absolute Gasteiger partial charge is 0.496 e. The van der Waals surface area contributed by atoms with Gasteiger partial charge in [-0.15, -0.1) is 0 Å². The molecule has 1 heterocycles. The quantitative estimate of drug-likeness (QED) is 0.757. The molecule has 2 rings (SSSR count). The van der Waals surface area contributed by atoms with Gasteiger partial charge in [0.1, 0.15) is 5.75 Å². The van der Waals surface area contributed by atoms with E-state index in [0.717, 1.165) is 31.9 Å². The normalized spacial score (nSPS) is 12.6. The van der Waals surface area contributed by atoms with Crippen molar-refractivity contribution in [2.24, 2.45) is 7.05 Å². The first-order valence-electron chi connectivity index (χ1n) is 9.10. The molecule has 1 atom stereocenters. The van der Waals surface area contributed by atoms with E-state index in [2.05, 4.69) is 61.2 Å². The lowest BCUT2D eigenvalue weighted by Crippen LogP contribution is -2.23. The van der Waals surface area contributed by atoms with Crippen LogP contribution in [0.5, 0.6) is 5.75 Å². The molecule has 1 N–H and O–H groups in total. The van der Waals surface area contributed by atoms with E-state index in [1.165, 1.54) is 22.4 Å². The van der Waals surface area contributed by atoms with Gasteiger partial charge in [-0.1, -0.05) is 19.9 Å². The average molecular weight is 345 g/mol. The molecule has 1 aromatic heterocycles. The first kappa shape index (κ1) is 19.5. The zero-order chi connectivity index (χ0) is 18.4. The molecule has 0 aliphatic heterocycles. The Balaban J connectivity index is 2.07. The van der Waals surface area contributed by atoms with Crippen molar-refractivity contribution in [2.75, 3.05) is 20.2 Å². The Morgan fingerprint density at radius 3 is 2.56 bits per heavy atom. The summed E-state index contributed by atoms with van der Waals surface area (Å²) >= 11 is 0. The van der Waals surface area contributed by atoms with Crippen LogP contribution in [0.15, 0.2) is 24.4 Å². The third-order valence-electron chi connectivity index (χ3n) is 4.99. The van der Waals surface area contributed by atoms with E-state index in [1.807, 2.05) is 17.9 Å². The topological polar surface area (TPSA) is 42.3 Å². The molecule has 1 unspecified atom stereocenters. The number of nitrogens with zero attached hydrogens (tertiary/aromatic N) is 3. The molecule has 0 saturated heterocycles. The Bertz CT molecular complexity index is 676. The molecule has 0 radical (unpaired) electrons. The summed E-state index contributed by atoms with van der Waals surface area (Å²) in [7, 11) is 3.72. The fourth-order valence-corrected chi connectivity index (χ4v) is 3.08. The zero-order valence-electron chi connectivity index (χ0n) is 16.5. The van der Waals surface area contributed by atoms with Crippen molar-refractivity contribution in [3.63, 3.8) is 0 Å². The first-order chi connectivity index (χ1) is 12.0. The summed E-state index contributed by atoms with van der Waals surface area (Å²) in [5.41, 5.74) is 4.98. The highest BCUT2D eigenvalue weighted by Gasteiger charge is 2.13. The Hall–Kier alpha value is -1.85. The van der Waals surface area contributed by atoms with Crippen LogP contribution in [0.4, 0.5) is 0 Å². The van der Waals surface area contributed by atoms with Crippen LogP contribution in [-0.2, 0) is 20.1 Å². The minimum Gasteiger partial charge on any atom is -0.496 e. The van der Waals surface area contributed by atoms with Gasteiger partial charge in [-0.05, 0) is 44.6 Å². The number of nitrogens with one attached hydrogen (secondary N) is 1. The van der Waals surface area contributed by atoms with Crippen molar-refractivity contribution >= 4 is 0 Å². The monoisotopic (exact) mass is 344 g/mol. The van der Waals surface area contributed by atoms with Crippen LogP contribution in [0.25, 0.3) is 0 Å². The van der Waals surface area contributed by atoms with Crippen molar-refractivity contribution in [1.82, 2.24) is 20.0 Å². The molecule has 2 aromatic rings. The van der Waals surface area contributed by atoms with Crippen LogP contribution >= 0.6 is 0 Å². The summed E-state index contributed by atoms with van der Waals surface area (Å²) in [6.07, 6.45) is 1.95. The summed E-state index contributed by atoms with van der Waals surface area (Å²) in [4.78, 5) is 2.40. The molecule has 0 aliphatic carbocycles. The van der Waals surface area contributed by atoms with Gasteiger partial charge in [0.2, 0.25) is 0 Å². The molecule has 1 aromatic carbocycles. The number of ether oxygens (including phenoxy) is 1. The number of hydrogen-bond donors (Lipinski definition) is 1. The number of rotatable bonds is 9. The molecule has 0 fully saturated rings. The second-order valence-electron chi connectivity index (χ2n) is 6.52. The summed E-state index contributed by atoms with van der Waals surface area (Å²) in [6, 6.07) is 6.74. The van der Waals surface area contributed by atoms with Gasteiger partial charge in [-0.3, -0.25) is 9.58 Å². The van der Waals surface area contributed by atoms with Crippen LogP contribution in [0.3, 0.4) is 0 Å². The fourth-order valence-electron chi connectivity index (χ4n) is 3.08. The molecule has 0 aliphatic rings. The van der Waals surface area contributed by atoms with E-state index >= 15 is 0 Å². The summed E-state index contributed by atoms with van der Waals surface area (Å²) in [5, 5.41) is 7.94. The second-order valence-corrected chi connectivity index (χ2v) is 6.52. The first-order valence-corrected chi connectivity index (χ1v) is 9.10. The highest BCUT2D eigenvalue weighted by molar-refractivity contribution is 5.37. The third-order valence-corrected chi connectivity index (χ3v) is 4.99. The average Bonchev–Trinajstić information content (AvgIpc) is 2.96. The number of benzene rings is 1. The maximum Gasteiger partial charge on any atom is 0.123 e. The maximum absolute atomic E-state index is 5.55. The Morgan fingerprint density at radius 2 is 2.00 bits per heavy atom. The summed E-state index contributed by atoms with van der Waals surface area (Å²) in [6.45, 7) is 12.5. The molecule has 0 bridgehead atoms. The van der Waals surface area contributed by atoms with Crippen LogP contribution in [0.1, 0.15) is 49.2 Å². The number of aryl methyl sites for hydroxylation is 1. The van der Waals surface area contributed by atoms with Crippen LogP contribution < -0.4 is 10.1 Å².